The van der Waals surface area contributed by atoms with Gasteiger partial charge in [-0.2, -0.15) is 0 Å². The number of thioether (sulfide) groups is 1. The van der Waals surface area contributed by atoms with Gasteiger partial charge in [0.15, 0.2) is 16.8 Å². The summed E-state index contributed by atoms with van der Waals surface area (Å²) in [5, 5.41) is 0.0713. The van der Waals surface area contributed by atoms with Crippen molar-refractivity contribution in [3.05, 3.63) is 23.6 Å². The van der Waals surface area contributed by atoms with Gasteiger partial charge in [0, 0.05) is 30.9 Å². The molecular weight excluding hydrogens is 227 g/mol. The predicted octanol–water partition coefficient (Wildman–Crippen LogP) is 1.82. The molecule has 1 rings (SSSR count). The summed E-state index contributed by atoms with van der Waals surface area (Å²) in [5.41, 5.74) is 5.71. The van der Waals surface area contributed by atoms with Gasteiger partial charge in [-0.15, -0.1) is 0 Å². The molecule has 0 aliphatic rings. The van der Waals surface area contributed by atoms with E-state index >= 15 is 0 Å². The summed E-state index contributed by atoms with van der Waals surface area (Å²) in [7, 11) is 0. The lowest BCUT2D eigenvalue weighted by atomic mass is 10.2. The normalized spacial score (nSPS) is 9.38. The lowest BCUT2D eigenvalue weighted by Gasteiger charge is -1.94. The number of hydrogen-bond acceptors (Lipinski definition) is 4. The smallest absolute Gasteiger partial charge is 0.185 e. The number of carbonyl (C=O) groups is 1. The first-order valence-electron chi connectivity index (χ1n) is 4.63. The molecule has 1 aromatic heterocycles. The Balaban J connectivity index is 2.50. The van der Waals surface area contributed by atoms with E-state index in [-0.39, 0.29) is 10.9 Å². The van der Waals surface area contributed by atoms with Crippen LogP contribution < -0.4 is 5.73 Å². The van der Waals surface area contributed by atoms with Gasteiger partial charge in [-0.25, -0.2) is 9.37 Å². The highest BCUT2D eigenvalue weighted by atomic mass is 32.2. The third-order valence-electron chi connectivity index (χ3n) is 1.63. The van der Waals surface area contributed by atoms with Crippen LogP contribution >= 0.6 is 11.8 Å². The standard InChI is InChI=1S/C11H11FN2OS/c1-8(15)16-5-3-2-4-9-6-10(12)11(13)14-7-9/h6-7H,3,5H2,1H3,(H2,13,14). The van der Waals surface area contributed by atoms with E-state index in [0.717, 1.165) is 0 Å². The zero-order chi connectivity index (χ0) is 12.0. The van der Waals surface area contributed by atoms with E-state index in [1.807, 2.05) is 0 Å². The molecule has 1 aromatic rings. The third kappa shape index (κ3) is 4.32. The van der Waals surface area contributed by atoms with Gasteiger partial charge in [0.2, 0.25) is 0 Å². The Kier molecular flexibility index (Phi) is 4.80. The molecule has 0 atom stereocenters. The zero-order valence-corrected chi connectivity index (χ0v) is 9.60. The number of nitrogen functional groups attached to an aromatic ring is 1. The van der Waals surface area contributed by atoms with Crippen molar-refractivity contribution in [3.8, 4) is 11.8 Å². The van der Waals surface area contributed by atoms with Crippen molar-refractivity contribution in [2.24, 2.45) is 0 Å². The van der Waals surface area contributed by atoms with Gasteiger partial charge in [0.05, 0.1) is 0 Å². The molecule has 0 fully saturated rings. The summed E-state index contributed by atoms with van der Waals surface area (Å²) in [6, 6.07) is 1.24. The maximum absolute atomic E-state index is 13.0. The minimum Gasteiger partial charge on any atom is -0.381 e. The van der Waals surface area contributed by atoms with Crippen LogP contribution in [0.5, 0.6) is 0 Å². The van der Waals surface area contributed by atoms with E-state index < -0.39 is 5.82 Å². The molecule has 0 saturated carbocycles. The Morgan fingerprint density at radius 1 is 1.69 bits per heavy atom. The maximum atomic E-state index is 13.0. The summed E-state index contributed by atoms with van der Waals surface area (Å²) in [5.74, 6) is 5.54. The molecule has 0 aliphatic heterocycles. The molecule has 0 spiro atoms. The van der Waals surface area contributed by atoms with Crippen molar-refractivity contribution in [1.29, 1.82) is 0 Å². The number of anilines is 1. The van der Waals surface area contributed by atoms with E-state index in [0.29, 0.717) is 17.7 Å². The number of rotatable bonds is 2. The summed E-state index contributed by atoms with van der Waals surface area (Å²) >= 11 is 1.22. The van der Waals surface area contributed by atoms with Crippen LogP contribution in [0.2, 0.25) is 0 Å². The summed E-state index contributed by atoms with van der Waals surface area (Å²) < 4.78 is 13.0. The summed E-state index contributed by atoms with van der Waals surface area (Å²) in [4.78, 5) is 14.2. The number of carbonyl (C=O) groups excluding carboxylic acids is 1. The summed E-state index contributed by atoms with van der Waals surface area (Å²) in [6.07, 6.45) is 2.00. The van der Waals surface area contributed by atoms with Crippen LogP contribution in [-0.4, -0.2) is 15.9 Å². The van der Waals surface area contributed by atoms with Gasteiger partial charge in [-0.05, 0) is 6.07 Å². The minimum absolute atomic E-state index is 0.0713. The zero-order valence-electron chi connectivity index (χ0n) is 8.79. The first-order chi connectivity index (χ1) is 7.59. The molecule has 0 saturated heterocycles. The highest BCUT2D eigenvalue weighted by Gasteiger charge is 1.98. The molecule has 2 N–H and O–H groups in total. The SMILES string of the molecule is CC(=O)SCCC#Cc1cnc(N)c(F)c1. The van der Waals surface area contributed by atoms with Crippen molar-refractivity contribution >= 4 is 22.7 Å². The first-order valence-corrected chi connectivity index (χ1v) is 5.61. The molecule has 84 valence electrons. The lowest BCUT2D eigenvalue weighted by Crippen LogP contribution is -1.94. The van der Waals surface area contributed by atoms with Crippen molar-refractivity contribution in [2.75, 3.05) is 11.5 Å². The van der Waals surface area contributed by atoms with E-state index in [2.05, 4.69) is 16.8 Å². The second kappa shape index (κ2) is 6.13. The van der Waals surface area contributed by atoms with E-state index in [1.165, 1.54) is 30.9 Å². The van der Waals surface area contributed by atoms with Gasteiger partial charge in [-0.3, -0.25) is 4.79 Å². The van der Waals surface area contributed by atoms with Gasteiger partial charge in [0.25, 0.3) is 0 Å². The minimum atomic E-state index is -0.565. The molecule has 0 amide bonds. The fourth-order valence-electron chi connectivity index (χ4n) is 0.927. The molecule has 16 heavy (non-hydrogen) atoms. The molecule has 0 aromatic carbocycles. The molecule has 0 bridgehead atoms. The fraction of sp³-hybridized carbons (Fsp3) is 0.273. The van der Waals surface area contributed by atoms with Gasteiger partial charge >= 0.3 is 0 Å². The molecular formula is C11H11FN2OS. The van der Waals surface area contributed by atoms with Crippen LogP contribution in [0, 0.1) is 17.7 Å². The van der Waals surface area contributed by atoms with Crippen LogP contribution in [0.4, 0.5) is 10.2 Å². The number of nitrogens with zero attached hydrogens (tertiary/aromatic N) is 1. The van der Waals surface area contributed by atoms with Gasteiger partial charge in [-0.1, -0.05) is 23.6 Å². The topological polar surface area (TPSA) is 56.0 Å². The van der Waals surface area contributed by atoms with Crippen molar-refractivity contribution in [2.45, 2.75) is 13.3 Å². The molecule has 3 nitrogen and oxygen atoms in total. The van der Waals surface area contributed by atoms with Gasteiger partial charge in [0.1, 0.15) is 0 Å². The Bertz CT molecular complexity index is 451. The average molecular weight is 238 g/mol. The fourth-order valence-corrected chi connectivity index (χ4v) is 1.42. The van der Waals surface area contributed by atoms with Crippen LogP contribution in [0.1, 0.15) is 18.9 Å². The van der Waals surface area contributed by atoms with E-state index in [9.17, 15) is 9.18 Å². The van der Waals surface area contributed by atoms with Gasteiger partial charge < -0.3 is 5.73 Å². The van der Waals surface area contributed by atoms with E-state index in [1.54, 1.807) is 0 Å². The van der Waals surface area contributed by atoms with Crippen molar-refractivity contribution in [3.63, 3.8) is 0 Å². The third-order valence-corrected chi connectivity index (χ3v) is 2.45. The first kappa shape index (κ1) is 12.5. The van der Waals surface area contributed by atoms with Crippen LogP contribution in [-0.2, 0) is 4.79 Å². The Morgan fingerprint density at radius 2 is 2.44 bits per heavy atom. The second-order valence-corrected chi connectivity index (χ2v) is 4.25. The van der Waals surface area contributed by atoms with Crippen LogP contribution in [0.15, 0.2) is 12.3 Å². The van der Waals surface area contributed by atoms with Crippen LogP contribution in [0.25, 0.3) is 0 Å². The number of pyridine rings is 1. The Morgan fingerprint density at radius 3 is 3.06 bits per heavy atom. The average Bonchev–Trinajstić information content (AvgIpc) is 2.22. The molecule has 1 heterocycles. The Hall–Kier alpha value is -1.54. The quantitative estimate of drug-likeness (QED) is 0.630. The molecule has 5 heteroatoms. The number of nitrogens with two attached hydrogens (primary N) is 1. The van der Waals surface area contributed by atoms with Crippen molar-refractivity contribution < 1.29 is 9.18 Å². The number of hydrogen-bond donors (Lipinski definition) is 1. The van der Waals surface area contributed by atoms with Crippen molar-refractivity contribution in [1.82, 2.24) is 4.98 Å². The molecule has 0 unspecified atom stereocenters. The predicted molar refractivity (Wildman–Crippen MR) is 63.2 cm³/mol. The Labute approximate surface area is 97.6 Å². The molecule has 0 aliphatic carbocycles. The number of halogens is 1. The summed E-state index contributed by atoms with van der Waals surface area (Å²) in [6.45, 7) is 1.51. The monoisotopic (exact) mass is 238 g/mol. The highest BCUT2D eigenvalue weighted by molar-refractivity contribution is 8.13. The largest absolute Gasteiger partial charge is 0.381 e. The number of aromatic nitrogens is 1. The van der Waals surface area contributed by atoms with Crippen LogP contribution in [0.3, 0.4) is 0 Å². The second-order valence-electron chi connectivity index (χ2n) is 2.98. The molecule has 0 radical (unpaired) electrons. The van der Waals surface area contributed by atoms with E-state index in [4.69, 9.17) is 5.73 Å². The maximum Gasteiger partial charge on any atom is 0.185 e. The highest BCUT2D eigenvalue weighted by Crippen LogP contribution is 2.07. The lowest BCUT2D eigenvalue weighted by molar-refractivity contribution is -0.109.